The van der Waals surface area contributed by atoms with Gasteiger partial charge in [-0.05, 0) is 25.3 Å². The van der Waals surface area contributed by atoms with E-state index in [9.17, 15) is 15.0 Å². The summed E-state index contributed by atoms with van der Waals surface area (Å²) in [7, 11) is 0. The van der Waals surface area contributed by atoms with Crippen molar-refractivity contribution in [2.75, 3.05) is 0 Å². The van der Waals surface area contributed by atoms with Gasteiger partial charge in [-0.1, -0.05) is 30.3 Å². The first-order valence-corrected chi connectivity index (χ1v) is 6.83. The third-order valence-electron chi connectivity index (χ3n) is 4.68. The number of fused-ring (bicyclic) bond motifs is 2. The van der Waals surface area contributed by atoms with Crippen molar-refractivity contribution in [3.63, 3.8) is 0 Å². The van der Waals surface area contributed by atoms with Crippen LogP contribution in [0.4, 0.5) is 0 Å². The van der Waals surface area contributed by atoms with Gasteiger partial charge in [-0.3, -0.25) is 9.69 Å². The summed E-state index contributed by atoms with van der Waals surface area (Å²) < 4.78 is 0. The van der Waals surface area contributed by atoms with Gasteiger partial charge < -0.3 is 10.2 Å². The molecule has 2 fully saturated rings. The van der Waals surface area contributed by atoms with Crippen molar-refractivity contribution in [1.82, 2.24) is 4.90 Å². The van der Waals surface area contributed by atoms with Gasteiger partial charge in [-0.25, -0.2) is 0 Å². The van der Waals surface area contributed by atoms with Crippen LogP contribution in [0, 0.1) is 5.92 Å². The molecule has 2 bridgehead atoms. The second-order valence-corrected chi connectivity index (χ2v) is 5.67. The molecule has 3 unspecified atom stereocenters. The highest BCUT2D eigenvalue weighted by Crippen LogP contribution is 2.46. The van der Waals surface area contributed by atoms with Crippen LogP contribution in [-0.4, -0.2) is 39.3 Å². The maximum absolute atomic E-state index is 11.5. The summed E-state index contributed by atoms with van der Waals surface area (Å²) in [6.07, 6.45) is 1.05. The standard InChI is InChI=1S/C15H19NO3/c1-9(10-5-3-2-4-6-10)16-11-7-12(13(17)8-11)14(16)15(18)19/h2-6,9,11-14,17H,7-8H2,1H3,(H,18,19)/t9-,11?,12?,13-,14?/m0/s1. The molecule has 1 aromatic rings. The molecular weight excluding hydrogens is 242 g/mol. The molecule has 4 nitrogen and oxygen atoms in total. The molecule has 4 heteroatoms. The fraction of sp³-hybridized carbons (Fsp3) is 0.533. The lowest BCUT2D eigenvalue weighted by Crippen LogP contribution is -2.50. The summed E-state index contributed by atoms with van der Waals surface area (Å²) in [5.41, 5.74) is 1.13. The number of aliphatic hydroxyl groups excluding tert-OH is 1. The van der Waals surface area contributed by atoms with Crippen molar-refractivity contribution in [3.8, 4) is 0 Å². The number of hydrogen-bond donors (Lipinski definition) is 2. The van der Waals surface area contributed by atoms with Gasteiger partial charge in [0.05, 0.1) is 6.10 Å². The summed E-state index contributed by atoms with van der Waals surface area (Å²) in [6, 6.07) is 9.70. The molecule has 1 saturated carbocycles. The second kappa shape index (κ2) is 4.62. The number of benzene rings is 1. The van der Waals surface area contributed by atoms with Crippen LogP contribution in [0.3, 0.4) is 0 Å². The molecule has 2 aliphatic rings. The van der Waals surface area contributed by atoms with E-state index in [-0.39, 0.29) is 18.0 Å². The number of hydrogen-bond acceptors (Lipinski definition) is 3. The Morgan fingerprint density at radius 1 is 1.32 bits per heavy atom. The minimum Gasteiger partial charge on any atom is -0.480 e. The van der Waals surface area contributed by atoms with Crippen LogP contribution in [0.15, 0.2) is 30.3 Å². The van der Waals surface area contributed by atoms with E-state index in [1.165, 1.54) is 0 Å². The highest BCUT2D eigenvalue weighted by atomic mass is 16.4. The molecule has 2 N–H and O–H groups in total. The molecule has 102 valence electrons. The number of carboxylic acids is 1. The minimum atomic E-state index is -0.811. The van der Waals surface area contributed by atoms with E-state index < -0.39 is 18.1 Å². The summed E-state index contributed by atoms with van der Waals surface area (Å²) in [4.78, 5) is 13.6. The largest absolute Gasteiger partial charge is 0.480 e. The van der Waals surface area contributed by atoms with Crippen LogP contribution in [0.1, 0.15) is 31.4 Å². The Bertz CT molecular complexity index is 476. The molecule has 1 heterocycles. The SMILES string of the molecule is C[C@@H](c1ccccc1)N1C2CC(C1C(=O)O)[C@@H](O)C2. The second-order valence-electron chi connectivity index (χ2n) is 5.67. The molecule has 1 aliphatic carbocycles. The van der Waals surface area contributed by atoms with Gasteiger partial charge in [0.15, 0.2) is 0 Å². The van der Waals surface area contributed by atoms with Crippen molar-refractivity contribution in [2.45, 2.75) is 44.0 Å². The van der Waals surface area contributed by atoms with Crippen molar-refractivity contribution in [1.29, 1.82) is 0 Å². The summed E-state index contributed by atoms with van der Waals surface area (Å²) in [5, 5.41) is 19.4. The normalized spacial score (nSPS) is 35.5. The monoisotopic (exact) mass is 261 g/mol. The van der Waals surface area contributed by atoms with Gasteiger partial charge >= 0.3 is 5.97 Å². The Morgan fingerprint density at radius 2 is 2.00 bits per heavy atom. The Morgan fingerprint density at radius 3 is 2.63 bits per heavy atom. The summed E-state index contributed by atoms with van der Waals surface area (Å²) in [6.45, 7) is 2.05. The van der Waals surface area contributed by atoms with Gasteiger partial charge in [0.25, 0.3) is 0 Å². The fourth-order valence-electron chi connectivity index (χ4n) is 3.82. The number of piperidine rings is 1. The number of likely N-dealkylation sites (tertiary alicyclic amines) is 1. The lowest BCUT2D eigenvalue weighted by molar-refractivity contribution is -0.148. The molecule has 5 atom stereocenters. The van der Waals surface area contributed by atoms with Gasteiger partial charge in [0.1, 0.15) is 6.04 Å². The Hall–Kier alpha value is -1.39. The molecule has 1 saturated heterocycles. The molecule has 1 aliphatic heterocycles. The molecular formula is C15H19NO3. The van der Waals surface area contributed by atoms with Gasteiger partial charge in [0, 0.05) is 18.0 Å². The van der Waals surface area contributed by atoms with Crippen molar-refractivity contribution in [2.24, 2.45) is 5.92 Å². The highest BCUT2D eigenvalue weighted by molar-refractivity contribution is 5.75. The quantitative estimate of drug-likeness (QED) is 0.868. The Balaban J connectivity index is 1.90. The number of aliphatic carboxylic acids is 1. The van der Waals surface area contributed by atoms with E-state index in [1.807, 2.05) is 30.3 Å². The van der Waals surface area contributed by atoms with Crippen LogP contribution < -0.4 is 0 Å². The molecule has 19 heavy (non-hydrogen) atoms. The Labute approximate surface area is 112 Å². The van der Waals surface area contributed by atoms with Crippen LogP contribution >= 0.6 is 0 Å². The van der Waals surface area contributed by atoms with E-state index in [1.54, 1.807) is 0 Å². The highest BCUT2D eigenvalue weighted by Gasteiger charge is 2.55. The van der Waals surface area contributed by atoms with E-state index in [2.05, 4.69) is 11.8 Å². The third kappa shape index (κ3) is 1.95. The predicted octanol–water partition coefficient (Wildman–Crippen LogP) is 1.66. The van der Waals surface area contributed by atoms with Crippen LogP contribution in [0.2, 0.25) is 0 Å². The van der Waals surface area contributed by atoms with E-state index in [0.717, 1.165) is 12.0 Å². The average molecular weight is 261 g/mol. The molecule has 0 spiro atoms. The maximum atomic E-state index is 11.5. The van der Waals surface area contributed by atoms with E-state index >= 15 is 0 Å². The van der Waals surface area contributed by atoms with Gasteiger partial charge in [0.2, 0.25) is 0 Å². The van der Waals surface area contributed by atoms with Gasteiger partial charge in [-0.2, -0.15) is 0 Å². The molecule has 3 rings (SSSR count). The summed E-state index contributed by atoms with van der Waals surface area (Å²) >= 11 is 0. The first-order valence-electron chi connectivity index (χ1n) is 6.83. The zero-order chi connectivity index (χ0) is 13.6. The molecule has 1 aromatic carbocycles. The third-order valence-corrected chi connectivity index (χ3v) is 4.68. The number of rotatable bonds is 3. The first kappa shape index (κ1) is 12.6. The Kier molecular flexibility index (Phi) is 3.07. The number of nitrogens with zero attached hydrogens (tertiary/aromatic N) is 1. The van der Waals surface area contributed by atoms with Gasteiger partial charge in [-0.15, -0.1) is 0 Å². The fourth-order valence-corrected chi connectivity index (χ4v) is 3.82. The first-order chi connectivity index (χ1) is 9.09. The summed E-state index contributed by atoms with van der Waals surface area (Å²) in [5.74, 6) is -0.928. The molecule has 0 aromatic heterocycles. The maximum Gasteiger partial charge on any atom is 0.321 e. The van der Waals surface area contributed by atoms with Crippen LogP contribution in [0.25, 0.3) is 0 Å². The van der Waals surface area contributed by atoms with Crippen molar-refractivity contribution >= 4 is 5.97 Å². The lowest BCUT2D eigenvalue weighted by Gasteiger charge is -2.39. The lowest BCUT2D eigenvalue weighted by atomic mass is 9.93. The van der Waals surface area contributed by atoms with E-state index in [4.69, 9.17) is 0 Å². The van der Waals surface area contributed by atoms with E-state index in [0.29, 0.717) is 6.42 Å². The smallest absolute Gasteiger partial charge is 0.321 e. The average Bonchev–Trinajstić information content (AvgIpc) is 2.95. The predicted molar refractivity (Wildman–Crippen MR) is 70.6 cm³/mol. The van der Waals surface area contributed by atoms with Crippen LogP contribution in [-0.2, 0) is 4.79 Å². The zero-order valence-corrected chi connectivity index (χ0v) is 10.9. The van der Waals surface area contributed by atoms with Crippen LogP contribution in [0.5, 0.6) is 0 Å². The van der Waals surface area contributed by atoms with Crippen molar-refractivity contribution < 1.29 is 15.0 Å². The number of carbonyl (C=O) groups is 1. The molecule has 0 amide bonds. The molecule has 0 radical (unpaired) electrons. The number of carboxylic acid groups (broad SMARTS) is 1. The topological polar surface area (TPSA) is 60.8 Å². The van der Waals surface area contributed by atoms with Crippen molar-refractivity contribution in [3.05, 3.63) is 35.9 Å². The zero-order valence-electron chi connectivity index (χ0n) is 10.9. The number of aliphatic hydroxyl groups is 1. The minimum absolute atomic E-state index is 0.0739.